The number of carbonyl (C=O) groups excluding carboxylic acids is 2. The molecule has 0 heterocycles. The van der Waals surface area contributed by atoms with Gasteiger partial charge in [-0.15, -0.1) is 0 Å². The van der Waals surface area contributed by atoms with Crippen molar-refractivity contribution in [1.29, 1.82) is 0 Å². The maximum Gasteiger partial charge on any atom is 0.338 e. The van der Waals surface area contributed by atoms with Crippen molar-refractivity contribution in [3.8, 4) is 0 Å². The van der Waals surface area contributed by atoms with Crippen LogP contribution in [-0.4, -0.2) is 48.1 Å². The quantitative estimate of drug-likeness (QED) is 0.552. The highest BCUT2D eigenvalue weighted by atomic mass is 16.6. The van der Waals surface area contributed by atoms with Gasteiger partial charge in [0.1, 0.15) is 6.10 Å². The van der Waals surface area contributed by atoms with Gasteiger partial charge in [0.15, 0.2) is 0 Å². The molecule has 0 spiro atoms. The van der Waals surface area contributed by atoms with Crippen LogP contribution in [0.25, 0.3) is 0 Å². The Labute approximate surface area is 123 Å². The molecule has 0 fully saturated rings. The lowest BCUT2D eigenvalue weighted by Crippen LogP contribution is -2.25. The summed E-state index contributed by atoms with van der Waals surface area (Å²) in [6.07, 6.45) is 0.797. The van der Waals surface area contributed by atoms with Crippen LogP contribution < -0.4 is 0 Å². The standard InChI is InChI=1S/C15H20O6/c1-2-3-8-20-14(18)11-4-6-12(7-5-11)15(19)21-13(9-16)10-17/h4-7,13,16-17H,2-3,8-10H2,1H3. The summed E-state index contributed by atoms with van der Waals surface area (Å²) in [7, 11) is 0. The SMILES string of the molecule is CCCCOC(=O)c1ccc(C(=O)OC(CO)CO)cc1. The van der Waals surface area contributed by atoms with Crippen LogP contribution in [0.1, 0.15) is 40.5 Å². The van der Waals surface area contributed by atoms with E-state index in [0.717, 1.165) is 12.8 Å². The van der Waals surface area contributed by atoms with Gasteiger partial charge in [-0.1, -0.05) is 13.3 Å². The zero-order valence-electron chi connectivity index (χ0n) is 11.9. The van der Waals surface area contributed by atoms with Crippen molar-refractivity contribution >= 4 is 11.9 Å². The van der Waals surface area contributed by atoms with Crippen LogP contribution in [0.2, 0.25) is 0 Å². The molecule has 0 atom stereocenters. The highest BCUT2D eigenvalue weighted by Gasteiger charge is 2.15. The summed E-state index contributed by atoms with van der Waals surface area (Å²) in [5, 5.41) is 17.7. The Balaban J connectivity index is 2.60. The largest absolute Gasteiger partial charge is 0.462 e. The minimum Gasteiger partial charge on any atom is -0.462 e. The third-order valence-electron chi connectivity index (χ3n) is 2.77. The molecule has 1 aromatic rings. The zero-order chi connectivity index (χ0) is 15.7. The molecule has 0 aromatic heterocycles. The van der Waals surface area contributed by atoms with Gasteiger partial charge in [0.25, 0.3) is 0 Å². The van der Waals surface area contributed by atoms with Crippen molar-refractivity contribution in [3.63, 3.8) is 0 Å². The molecule has 0 saturated heterocycles. The number of rotatable bonds is 8. The number of carbonyl (C=O) groups is 2. The van der Waals surface area contributed by atoms with Gasteiger partial charge >= 0.3 is 11.9 Å². The van der Waals surface area contributed by atoms with E-state index in [-0.39, 0.29) is 5.56 Å². The van der Waals surface area contributed by atoms with Crippen LogP contribution >= 0.6 is 0 Å². The van der Waals surface area contributed by atoms with Crippen LogP contribution in [0.4, 0.5) is 0 Å². The number of hydrogen-bond donors (Lipinski definition) is 2. The average molecular weight is 296 g/mol. The Kier molecular flexibility index (Phi) is 7.42. The fourth-order valence-corrected chi connectivity index (χ4v) is 1.49. The topological polar surface area (TPSA) is 93.1 Å². The Morgan fingerprint density at radius 1 is 1.05 bits per heavy atom. The second-order valence-corrected chi connectivity index (χ2v) is 4.46. The second kappa shape index (κ2) is 9.10. The lowest BCUT2D eigenvalue weighted by molar-refractivity contribution is -0.00546. The molecule has 0 radical (unpaired) electrons. The van der Waals surface area contributed by atoms with E-state index in [1.807, 2.05) is 6.92 Å². The van der Waals surface area contributed by atoms with E-state index in [9.17, 15) is 9.59 Å². The molecule has 21 heavy (non-hydrogen) atoms. The lowest BCUT2D eigenvalue weighted by Gasteiger charge is -2.12. The molecule has 0 unspecified atom stereocenters. The van der Waals surface area contributed by atoms with Crippen LogP contribution in [0, 0.1) is 0 Å². The smallest absolute Gasteiger partial charge is 0.338 e. The molecule has 2 N–H and O–H groups in total. The zero-order valence-corrected chi connectivity index (χ0v) is 11.9. The lowest BCUT2D eigenvalue weighted by atomic mass is 10.1. The normalized spacial score (nSPS) is 10.5. The van der Waals surface area contributed by atoms with E-state index in [2.05, 4.69) is 0 Å². The van der Waals surface area contributed by atoms with Crippen LogP contribution in [0.15, 0.2) is 24.3 Å². The van der Waals surface area contributed by atoms with Gasteiger partial charge in [-0.05, 0) is 30.7 Å². The van der Waals surface area contributed by atoms with E-state index >= 15 is 0 Å². The number of hydrogen-bond acceptors (Lipinski definition) is 6. The highest BCUT2D eigenvalue weighted by molar-refractivity contribution is 5.93. The van der Waals surface area contributed by atoms with E-state index in [1.165, 1.54) is 24.3 Å². The summed E-state index contributed by atoms with van der Waals surface area (Å²) in [6.45, 7) is 1.46. The average Bonchev–Trinajstić information content (AvgIpc) is 2.52. The van der Waals surface area contributed by atoms with Gasteiger partial charge < -0.3 is 19.7 Å². The predicted octanol–water partition coefficient (Wildman–Crippen LogP) is 1.15. The van der Waals surface area contributed by atoms with Crippen LogP contribution in [0.5, 0.6) is 0 Å². The minimum atomic E-state index is -0.948. The monoisotopic (exact) mass is 296 g/mol. The molecule has 116 valence electrons. The second-order valence-electron chi connectivity index (χ2n) is 4.46. The fourth-order valence-electron chi connectivity index (χ4n) is 1.49. The highest BCUT2D eigenvalue weighted by Crippen LogP contribution is 2.09. The summed E-state index contributed by atoms with van der Waals surface area (Å²) in [4.78, 5) is 23.4. The van der Waals surface area contributed by atoms with Crippen molar-refractivity contribution in [2.45, 2.75) is 25.9 Å². The predicted molar refractivity (Wildman–Crippen MR) is 75.0 cm³/mol. The molecule has 1 aromatic carbocycles. The Hall–Kier alpha value is -1.92. The van der Waals surface area contributed by atoms with Gasteiger partial charge in [-0.3, -0.25) is 0 Å². The third-order valence-corrected chi connectivity index (χ3v) is 2.77. The molecule has 6 heteroatoms. The van der Waals surface area contributed by atoms with E-state index in [1.54, 1.807) is 0 Å². The Morgan fingerprint density at radius 2 is 1.57 bits per heavy atom. The molecule has 0 bridgehead atoms. The van der Waals surface area contributed by atoms with Gasteiger partial charge in [-0.25, -0.2) is 9.59 Å². The first kappa shape index (κ1) is 17.1. The van der Waals surface area contributed by atoms with Crippen LogP contribution in [-0.2, 0) is 9.47 Å². The molecule has 0 saturated carbocycles. The molecule has 6 nitrogen and oxygen atoms in total. The maximum absolute atomic E-state index is 11.7. The maximum atomic E-state index is 11.7. The molecule has 0 aliphatic heterocycles. The molecule has 0 aliphatic rings. The van der Waals surface area contributed by atoms with Gasteiger partial charge in [0, 0.05) is 0 Å². The number of ether oxygens (including phenoxy) is 2. The first-order valence-corrected chi connectivity index (χ1v) is 6.82. The van der Waals surface area contributed by atoms with Gasteiger partial charge in [-0.2, -0.15) is 0 Å². The first-order valence-electron chi connectivity index (χ1n) is 6.82. The molecular formula is C15H20O6. The number of aliphatic hydroxyl groups excluding tert-OH is 2. The summed E-state index contributed by atoms with van der Waals surface area (Å²) in [6, 6.07) is 5.81. The third kappa shape index (κ3) is 5.53. The van der Waals surface area contributed by atoms with Crippen LogP contribution in [0.3, 0.4) is 0 Å². The van der Waals surface area contributed by atoms with Crippen molar-refractivity contribution < 1.29 is 29.3 Å². The summed E-state index contributed by atoms with van der Waals surface area (Å²) in [5.41, 5.74) is 0.579. The van der Waals surface area contributed by atoms with Crippen molar-refractivity contribution in [2.75, 3.05) is 19.8 Å². The Bertz CT molecular complexity index is 450. The van der Waals surface area contributed by atoms with Crippen molar-refractivity contribution in [3.05, 3.63) is 35.4 Å². The van der Waals surface area contributed by atoms with Gasteiger partial charge in [0.05, 0.1) is 30.9 Å². The summed E-state index contributed by atoms with van der Waals surface area (Å²) < 4.78 is 9.91. The fraction of sp³-hybridized carbons (Fsp3) is 0.467. The number of unbranched alkanes of at least 4 members (excludes halogenated alkanes) is 1. The molecule has 0 amide bonds. The minimum absolute atomic E-state index is 0.229. The number of aliphatic hydroxyl groups is 2. The van der Waals surface area contributed by atoms with Gasteiger partial charge in [0.2, 0.25) is 0 Å². The van der Waals surface area contributed by atoms with Crippen molar-refractivity contribution in [1.82, 2.24) is 0 Å². The van der Waals surface area contributed by atoms with E-state index < -0.39 is 31.3 Å². The molecular weight excluding hydrogens is 276 g/mol. The number of benzene rings is 1. The van der Waals surface area contributed by atoms with E-state index in [4.69, 9.17) is 19.7 Å². The summed E-state index contributed by atoms with van der Waals surface area (Å²) in [5.74, 6) is -1.11. The summed E-state index contributed by atoms with van der Waals surface area (Å²) >= 11 is 0. The molecule has 0 aliphatic carbocycles. The molecule has 1 rings (SSSR count). The number of esters is 2. The van der Waals surface area contributed by atoms with Crippen molar-refractivity contribution in [2.24, 2.45) is 0 Å². The first-order chi connectivity index (χ1) is 10.1. The van der Waals surface area contributed by atoms with E-state index in [0.29, 0.717) is 12.2 Å². The Morgan fingerprint density at radius 3 is 2.05 bits per heavy atom.